The van der Waals surface area contributed by atoms with E-state index in [1.807, 2.05) is 17.5 Å². The first-order valence-electron chi connectivity index (χ1n) is 9.65. The topological polar surface area (TPSA) is 103 Å². The number of hydrogen-bond donors (Lipinski definition) is 1. The van der Waals surface area contributed by atoms with Crippen molar-refractivity contribution >= 4 is 61.5 Å². The normalized spacial score (nSPS) is 10.8. The second kappa shape index (κ2) is 9.65. The van der Waals surface area contributed by atoms with Crippen LogP contribution in [0.1, 0.15) is 15.4 Å². The highest BCUT2D eigenvalue weighted by molar-refractivity contribution is 7.17. The van der Waals surface area contributed by atoms with Gasteiger partial charge in [0.1, 0.15) is 22.9 Å². The number of halogens is 1. The predicted molar refractivity (Wildman–Crippen MR) is 130 cm³/mol. The summed E-state index contributed by atoms with van der Waals surface area (Å²) < 4.78 is 6.26. The lowest BCUT2D eigenvalue weighted by molar-refractivity contribution is -0.116. The molecule has 33 heavy (non-hydrogen) atoms. The zero-order chi connectivity index (χ0) is 23.5. The quantitative estimate of drug-likeness (QED) is 0.295. The van der Waals surface area contributed by atoms with Crippen molar-refractivity contribution < 1.29 is 14.3 Å². The molecular weight excluding hydrogens is 484 g/mol. The third-order valence-electron chi connectivity index (χ3n) is 4.59. The summed E-state index contributed by atoms with van der Waals surface area (Å²) in [6, 6.07) is 7.16. The van der Waals surface area contributed by atoms with Crippen LogP contribution < -0.4 is 10.9 Å². The lowest BCUT2D eigenvalue weighted by Crippen LogP contribution is -2.27. The first-order chi connectivity index (χ1) is 15.9. The van der Waals surface area contributed by atoms with Crippen LogP contribution in [0.3, 0.4) is 0 Å². The number of anilines is 1. The van der Waals surface area contributed by atoms with E-state index >= 15 is 0 Å². The van der Waals surface area contributed by atoms with Crippen molar-refractivity contribution in [3.63, 3.8) is 0 Å². The molecule has 168 valence electrons. The van der Waals surface area contributed by atoms with Crippen LogP contribution in [0.5, 0.6) is 0 Å². The fourth-order valence-corrected chi connectivity index (χ4v) is 4.98. The van der Waals surface area contributed by atoms with Crippen molar-refractivity contribution in [2.75, 3.05) is 11.9 Å². The highest BCUT2D eigenvalue weighted by Crippen LogP contribution is 2.31. The zero-order valence-electron chi connectivity index (χ0n) is 17.3. The number of aryl methyl sites for hydroxylation is 1. The third kappa shape index (κ3) is 4.87. The van der Waals surface area contributed by atoms with Crippen molar-refractivity contribution in [3.8, 4) is 11.1 Å². The highest BCUT2D eigenvalue weighted by Gasteiger charge is 2.19. The molecule has 0 saturated heterocycles. The van der Waals surface area contributed by atoms with E-state index in [1.165, 1.54) is 28.3 Å². The van der Waals surface area contributed by atoms with Gasteiger partial charge in [-0.05, 0) is 24.6 Å². The van der Waals surface area contributed by atoms with Crippen molar-refractivity contribution in [3.05, 3.63) is 74.6 Å². The maximum atomic E-state index is 13.1. The monoisotopic (exact) mass is 500 g/mol. The number of amides is 1. The number of carbonyl (C=O) groups is 2. The van der Waals surface area contributed by atoms with E-state index < -0.39 is 11.9 Å². The zero-order valence-corrected chi connectivity index (χ0v) is 19.7. The van der Waals surface area contributed by atoms with E-state index in [4.69, 9.17) is 16.3 Å². The van der Waals surface area contributed by atoms with Gasteiger partial charge in [0.15, 0.2) is 5.13 Å². The average Bonchev–Trinajstić information content (AvgIpc) is 3.38. The molecular formula is C22H17ClN4O4S2. The average molecular weight is 501 g/mol. The molecule has 1 N–H and O–H groups in total. The molecule has 0 aliphatic rings. The minimum absolute atomic E-state index is 0.0802. The Kier molecular flexibility index (Phi) is 6.68. The van der Waals surface area contributed by atoms with Gasteiger partial charge in [-0.15, -0.1) is 11.3 Å². The lowest BCUT2D eigenvalue weighted by atomic mass is 10.1. The molecule has 0 aliphatic heterocycles. The van der Waals surface area contributed by atoms with E-state index in [2.05, 4.69) is 21.9 Å². The molecule has 0 unspecified atom stereocenters. The number of benzene rings is 1. The number of carbonyl (C=O) groups excluding carboxylic acids is 2. The Balaban J connectivity index is 1.55. The van der Waals surface area contributed by atoms with Crippen LogP contribution >= 0.6 is 34.3 Å². The molecule has 0 spiro atoms. The van der Waals surface area contributed by atoms with Crippen LogP contribution in [0.2, 0.25) is 5.02 Å². The highest BCUT2D eigenvalue weighted by atomic mass is 35.5. The molecule has 3 heterocycles. The first kappa shape index (κ1) is 22.8. The molecule has 1 amide bonds. The molecule has 0 bridgehead atoms. The SMILES string of the molecule is C=CCOC(=O)c1sc(NC(=O)Cn2cnc3scc(-c4ccc(Cl)cc4)c3c2=O)nc1C. The molecule has 11 heteroatoms. The Bertz CT molecular complexity index is 1420. The molecule has 0 fully saturated rings. The van der Waals surface area contributed by atoms with Gasteiger partial charge in [-0.2, -0.15) is 0 Å². The van der Waals surface area contributed by atoms with Crippen LogP contribution in [0.25, 0.3) is 21.3 Å². The summed E-state index contributed by atoms with van der Waals surface area (Å²) in [7, 11) is 0. The van der Waals surface area contributed by atoms with Crippen LogP contribution in [-0.2, 0) is 16.1 Å². The number of thiophene rings is 1. The van der Waals surface area contributed by atoms with Gasteiger partial charge < -0.3 is 10.1 Å². The number of nitrogens with one attached hydrogen (secondary N) is 1. The minimum atomic E-state index is -0.538. The first-order valence-corrected chi connectivity index (χ1v) is 11.7. The number of esters is 1. The summed E-state index contributed by atoms with van der Waals surface area (Å²) in [5.74, 6) is -1.01. The standard InChI is InChI=1S/C22H17ClN4O4S2/c1-3-8-31-21(30)18-12(2)25-22(33-18)26-16(28)9-27-11-24-19-17(20(27)29)15(10-32-19)13-4-6-14(23)7-5-13/h3-7,10-11H,1,8-9H2,2H3,(H,25,26,28). The second-order valence-corrected chi connectivity index (χ2v) is 9.18. The van der Waals surface area contributed by atoms with Crippen molar-refractivity contribution in [2.45, 2.75) is 13.5 Å². The third-order valence-corrected chi connectivity index (χ3v) is 6.78. The van der Waals surface area contributed by atoms with Gasteiger partial charge in [0.25, 0.3) is 5.56 Å². The smallest absolute Gasteiger partial charge is 0.350 e. The largest absolute Gasteiger partial charge is 0.457 e. The molecule has 3 aromatic heterocycles. The summed E-state index contributed by atoms with van der Waals surface area (Å²) in [5.41, 5.74) is 1.68. The maximum Gasteiger partial charge on any atom is 0.350 e. The second-order valence-electron chi connectivity index (χ2n) is 6.88. The van der Waals surface area contributed by atoms with Gasteiger partial charge in [0.05, 0.1) is 17.4 Å². The Morgan fingerprint density at radius 2 is 2.06 bits per heavy atom. The van der Waals surface area contributed by atoms with Gasteiger partial charge in [-0.1, -0.05) is 47.7 Å². The Morgan fingerprint density at radius 1 is 1.30 bits per heavy atom. The molecule has 0 atom stereocenters. The molecule has 1 aromatic carbocycles. The Morgan fingerprint density at radius 3 is 2.79 bits per heavy atom. The fraction of sp³-hybridized carbons (Fsp3) is 0.136. The Hall–Kier alpha value is -3.34. The Labute approximate surface area is 201 Å². The molecule has 0 aliphatic carbocycles. The van der Waals surface area contributed by atoms with E-state index in [0.717, 1.165) is 22.5 Å². The van der Waals surface area contributed by atoms with E-state index in [0.29, 0.717) is 25.8 Å². The summed E-state index contributed by atoms with van der Waals surface area (Å²) in [4.78, 5) is 47.2. The lowest BCUT2D eigenvalue weighted by Gasteiger charge is -2.06. The van der Waals surface area contributed by atoms with Crippen LogP contribution in [0.4, 0.5) is 5.13 Å². The van der Waals surface area contributed by atoms with Crippen molar-refractivity contribution in [2.24, 2.45) is 0 Å². The van der Waals surface area contributed by atoms with Crippen LogP contribution in [-0.4, -0.2) is 33.0 Å². The number of aromatic nitrogens is 3. The predicted octanol–water partition coefficient (Wildman–Crippen LogP) is 4.52. The van der Waals surface area contributed by atoms with Crippen LogP contribution in [0, 0.1) is 6.92 Å². The van der Waals surface area contributed by atoms with Gasteiger partial charge in [-0.25, -0.2) is 14.8 Å². The number of ether oxygens (including phenoxy) is 1. The van der Waals surface area contributed by atoms with Gasteiger partial charge >= 0.3 is 5.97 Å². The summed E-state index contributed by atoms with van der Waals surface area (Å²) >= 11 is 8.32. The van der Waals surface area contributed by atoms with Gasteiger partial charge in [0.2, 0.25) is 5.91 Å². The van der Waals surface area contributed by atoms with Crippen molar-refractivity contribution in [1.29, 1.82) is 0 Å². The summed E-state index contributed by atoms with van der Waals surface area (Å²) in [5, 5.41) is 5.76. The number of hydrogen-bond acceptors (Lipinski definition) is 8. The molecule has 0 saturated carbocycles. The number of thiazole rings is 1. The summed E-state index contributed by atoms with van der Waals surface area (Å²) in [6.07, 6.45) is 2.81. The van der Waals surface area contributed by atoms with Gasteiger partial charge in [0, 0.05) is 16.0 Å². The fourth-order valence-electron chi connectivity index (χ4n) is 3.08. The number of nitrogens with zero attached hydrogens (tertiary/aromatic N) is 3. The number of rotatable bonds is 7. The minimum Gasteiger partial charge on any atom is -0.457 e. The van der Waals surface area contributed by atoms with E-state index in [-0.39, 0.29) is 23.8 Å². The molecule has 4 rings (SSSR count). The molecule has 4 aromatic rings. The number of fused-ring (bicyclic) bond motifs is 1. The van der Waals surface area contributed by atoms with Crippen LogP contribution in [0.15, 0.2) is 53.4 Å². The van der Waals surface area contributed by atoms with E-state index in [9.17, 15) is 14.4 Å². The van der Waals surface area contributed by atoms with Gasteiger partial charge in [-0.3, -0.25) is 14.2 Å². The van der Waals surface area contributed by atoms with E-state index in [1.54, 1.807) is 19.1 Å². The molecule has 8 nitrogen and oxygen atoms in total. The summed E-state index contributed by atoms with van der Waals surface area (Å²) in [6.45, 7) is 4.97. The molecule has 0 radical (unpaired) electrons. The van der Waals surface area contributed by atoms with Crippen molar-refractivity contribution in [1.82, 2.24) is 14.5 Å². The maximum absolute atomic E-state index is 13.1.